The Morgan fingerprint density at radius 1 is 1.47 bits per heavy atom. The zero-order chi connectivity index (χ0) is 12.3. The van der Waals surface area contributed by atoms with Gasteiger partial charge in [-0.25, -0.2) is 0 Å². The second-order valence-electron chi connectivity index (χ2n) is 5.15. The molecule has 4 heteroatoms. The van der Waals surface area contributed by atoms with Gasteiger partial charge in [0.25, 0.3) is 0 Å². The van der Waals surface area contributed by atoms with Crippen molar-refractivity contribution in [2.75, 3.05) is 0 Å². The van der Waals surface area contributed by atoms with Crippen LogP contribution in [0.2, 0.25) is 0 Å². The maximum atomic E-state index is 3.17. The van der Waals surface area contributed by atoms with Crippen molar-refractivity contribution in [2.45, 2.75) is 51.1 Å². The summed E-state index contributed by atoms with van der Waals surface area (Å²) in [5, 5.41) is 0. The van der Waals surface area contributed by atoms with Gasteiger partial charge in [0.1, 0.15) is 0 Å². The topological polar surface area (TPSA) is 0 Å². The quantitative estimate of drug-likeness (QED) is 0.557. The molecular weight excluding hydrogens is 280 g/mol. The van der Waals surface area contributed by atoms with E-state index in [9.17, 15) is 0 Å². The molecule has 0 heterocycles. The predicted octanol–water partition coefficient (Wildman–Crippen LogP) is 5.87. The van der Waals surface area contributed by atoms with Crippen LogP contribution in [0.5, 0.6) is 0 Å². The maximum Gasteiger partial charge on any atom is -0.00669 e. The molecule has 0 amide bonds. The minimum Gasteiger partial charge on any atom is -0.110 e. The average molecular weight is 304 g/mol. The molecule has 2 aliphatic rings. The van der Waals surface area contributed by atoms with Gasteiger partial charge >= 0.3 is 0 Å². The highest BCUT2D eigenvalue weighted by Crippen LogP contribution is 2.72. The Hall–Kier alpha value is 1.20. The molecule has 2 rings (SSSR count). The minimum absolute atomic E-state index is 0.169. The van der Waals surface area contributed by atoms with Crippen LogP contribution in [0.4, 0.5) is 0 Å². The Morgan fingerprint density at radius 3 is 3.00 bits per heavy atom. The summed E-state index contributed by atoms with van der Waals surface area (Å²) < 4.78 is 0. The molecule has 0 aromatic heterocycles. The van der Waals surface area contributed by atoms with Gasteiger partial charge in [-0.15, -0.1) is 17.9 Å². The van der Waals surface area contributed by atoms with Gasteiger partial charge in [0.2, 0.25) is 0 Å². The van der Waals surface area contributed by atoms with Crippen LogP contribution in [-0.4, -0.2) is 5.66 Å². The van der Waals surface area contributed by atoms with Gasteiger partial charge in [0.05, 0.1) is 0 Å². The van der Waals surface area contributed by atoms with Gasteiger partial charge in [0.15, 0.2) is 0 Å². The number of rotatable bonds is 5. The van der Waals surface area contributed by atoms with Crippen molar-refractivity contribution < 1.29 is 0 Å². The summed E-state index contributed by atoms with van der Waals surface area (Å²) in [5.41, 5.74) is 4.44. The van der Waals surface area contributed by atoms with Crippen molar-refractivity contribution in [3.05, 3.63) is 23.3 Å². The molecule has 0 fully saturated rings. The molecule has 0 spiro atoms. The summed E-state index contributed by atoms with van der Waals surface area (Å²) in [5.74, 6) is 0.966. The summed E-state index contributed by atoms with van der Waals surface area (Å²) in [7, 11) is 7.39. The monoisotopic (exact) mass is 304 g/mol. The van der Waals surface area contributed by atoms with E-state index in [2.05, 4.69) is 36.9 Å². The summed E-state index contributed by atoms with van der Waals surface area (Å²) in [6.07, 6.45) is 13.0. The Kier molecular flexibility index (Phi) is 6.11. The normalized spacial score (nSPS) is 30.3. The maximum absolute atomic E-state index is 3.17. The summed E-state index contributed by atoms with van der Waals surface area (Å²) in [4.78, 5) is 0. The molecular formula is C13H24P4. The van der Waals surface area contributed by atoms with Crippen LogP contribution in [0.1, 0.15) is 45.4 Å². The first-order chi connectivity index (χ1) is 8.26. The molecule has 0 radical (unpaired) electrons. The summed E-state index contributed by atoms with van der Waals surface area (Å²) in [6.45, 7) is 2.32. The molecule has 96 valence electrons. The minimum atomic E-state index is 0.169. The highest BCUT2D eigenvalue weighted by Gasteiger charge is 2.32. The third-order valence-electron chi connectivity index (χ3n) is 4.05. The molecule has 0 N–H and O–H groups in total. The Balaban J connectivity index is 2.06. The van der Waals surface area contributed by atoms with Crippen LogP contribution >= 0.6 is 33.1 Å². The zero-order valence-electron chi connectivity index (χ0n) is 10.7. The van der Waals surface area contributed by atoms with Gasteiger partial charge < -0.3 is 0 Å². The highest BCUT2D eigenvalue weighted by atomic mass is 32.6. The van der Waals surface area contributed by atoms with Crippen molar-refractivity contribution in [1.29, 1.82) is 0 Å². The van der Waals surface area contributed by atoms with Crippen molar-refractivity contribution in [3.8, 4) is 0 Å². The largest absolute Gasteiger partial charge is 0.110 e. The lowest BCUT2D eigenvalue weighted by molar-refractivity contribution is 0.424. The fraction of sp³-hybridized carbons (Fsp3) is 0.692. The molecule has 0 bridgehead atoms. The second kappa shape index (κ2) is 7.11. The van der Waals surface area contributed by atoms with E-state index in [0.717, 1.165) is 19.5 Å². The van der Waals surface area contributed by atoms with Crippen LogP contribution in [0.3, 0.4) is 0 Å². The number of hydrogen-bond acceptors (Lipinski definition) is 0. The SMILES string of the molecule is CCCC[C@@H]1CC2=C(CC=C2)C[C@@H]1P(P)PP. The van der Waals surface area contributed by atoms with Crippen LogP contribution in [0, 0.1) is 5.92 Å². The van der Waals surface area contributed by atoms with Crippen molar-refractivity contribution in [1.82, 2.24) is 0 Å². The van der Waals surface area contributed by atoms with Gasteiger partial charge in [-0.05, 0) is 42.8 Å². The van der Waals surface area contributed by atoms with E-state index in [0.29, 0.717) is 0 Å². The second-order valence-corrected chi connectivity index (χ2v) is 14.8. The number of unbranched alkanes of at least 4 members (excludes halogenated alkanes) is 1. The lowest BCUT2D eigenvalue weighted by Gasteiger charge is -2.36. The molecule has 17 heavy (non-hydrogen) atoms. The Labute approximate surface area is 113 Å². The standard InChI is InChI=1S/C13H24P4/c1-2-3-5-12-8-10-6-4-7-11(10)9-13(12)17(15)16-14/h4,6,12-13,16H,2-3,5,7-9,14-15H2,1H3/t12-,13+,17?/m1/s1. The van der Waals surface area contributed by atoms with Gasteiger partial charge in [0, 0.05) is 0 Å². The Bertz CT molecular complexity index is 321. The van der Waals surface area contributed by atoms with E-state index in [4.69, 9.17) is 0 Å². The lowest BCUT2D eigenvalue weighted by atomic mass is 9.82. The first-order valence-electron chi connectivity index (χ1n) is 6.63. The van der Waals surface area contributed by atoms with Crippen molar-refractivity contribution in [3.63, 3.8) is 0 Å². The summed E-state index contributed by atoms with van der Waals surface area (Å²) >= 11 is 0. The molecule has 0 saturated heterocycles. The van der Waals surface area contributed by atoms with Crippen molar-refractivity contribution >= 4 is 33.1 Å². The number of allylic oxidation sites excluding steroid dienone is 4. The van der Waals surface area contributed by atoms with E-state index < -0.39 is 0 Å². The van der Waals surface area contributed by atoms with Crippen molar-refractivity contribution in [2.24, 2.45) is 5.92 Å². The van der Waals surface area contributed by atoms with Crippen LogP contribution < -0.4 is 0 Å². The molecule has 4 unspecified atom stereocenters. The average Bonchev–Trinajstić information content (AvgIpc) is 2.81. The fourth-order valence-corrected chi connectivity index (χ4v) is 8.61. The summed E-state index contributed by atoms with van der Waals surface area (Å²) in [6, 6.07) is 0. The van der Waals surface area contributed by atoms with E-state index in [-0.39, 0.29) is 7.30 Å². The molecule has 2 aliphatic carbocycles. The lowest BCUT2D eigenvalue weighted by Crippen LogP contribution is -2.22. The van der Waals surface area contributed by atoms with Crippen LogP contribution in [0.15, 0.2) is 23.3 Å². The van der Waals surface area contributed by atoms with Crippen LogP contribution in [0.25, 0.3) is 0 Å². The smallest absolute Gasteiger partial charge is 0.00669 e. The molecule has 0 aliphatic heterocycles. The predicted molar refractivity (Wildman–Crippen MR) is 91.5 cm³/mol. The molecule has 0 saturated carbocycles. The van der Waals surface area contributed by atoms with E-state index >= 15 is 0 Å². The highest BCUT2D eigenvalue weighted by molar-refractivity contribution is 8.61. The molecule has 0 aromatic carbocycles. The zero-order valence-corrected chi connectivity index (χ0v) is 14.9. The molecule has 0 nitrogen and oxygen atoms in total. The third kappa shape index (κ3) is 3.61. The molecule has 0 aromatic rings. The van der Waals surface area contributed by atoms with E-state index in [1.54, 1.807) is 11.1 Å². The van der Waals surface area contributed by atoms with Crippen LogP contribution in [-0.2, 0) is 0 Å². The Morgan fingerprint density at radius 2 is 2.29 bits per heavy atom. The number of hydrogen-bond donors (Lipinski definition) is 0. The fourth-order valence-electron chi connectivity index (χ4n) is 3.04. The third-order valence-corrected chi connectivity index (χ3v) is 15.4. The first kappa shape index (κ1) is 14.6. The van der Waals surface area contributed by atoms with Gasteiger partial charge in [-0.3, -0.25) is 0 Å². The first-order valence-corrected chi connectivity index (χ1v) is 13.3. The van der Waals surface area contributed by atoms with E-state index in [1.165, 1.54) is 38.5 Å². The van der Waals surface area contributed by atoms with Gasteiger partial charge in [-0.1, -0.05) is 52.7 Å². The van der Waals surface area contributed by atoms with Gasteiger partial charge in [-0.2, -0.15) is 0 Å². The molecule has 6 atom stereocenters. The van der Waals surface area contributed by atoms with E-state index in [1.807, 2.05) is 0 Å².